The molecule has 1 saturated heterocycles. The molecule has 1 aliphatic carbocycles. The largest absolute Gasteiger partial charge is 0.486 e. The molecule has 2 aromatic carbocycles. The van der Waals surface area contributed by atoms with Gasteiger partial charge in [0.15, 0.2) is 11.5 Å². The lowest BCUT2D eigenvalue weighted by atomic mass is 10.1. The van der Waals surface area contributed by atoms with Crippen LogP contribution < -0.4 is 14.2 Å². The van der Waals surface area contributed by atoms with Gasteiger partial charge in [-0.3, -0.25) is 14.4 Å². The fourth-order valence-corrected chi connectivity index (χ4v) is 5.98. The minimum absolute atomic E-state index is 0.0548. The number of benzene rings is 2. The molecule has 33 heavy (non-hydrogen) atoms. The zero-order valence-corrected chi connectivity index (χ0v) is 19.4. The van der Waals surface area contributed by atoms with E-state index in [-0.39, 0.29) is 16.5 Å². The third kappa shape index (κ3) is 4.65. The van der Waals surface area contributed by atoms with E-state index in [2.05, 4.69) is 9.62 Å². The van der Waals surface area contributed by atoms with Gasteiger partial charge in [-0.1, -0.05) is 25.0 Å². The number of para-hydroxylation sites is 1. The number of nitrogens with zero attached hydrogens (tertiary/aromatic N) is 2. The van der Waals surface area contributed by atoms with Gasteiger partial charge in [0.05, 0.1) is 16.1 Å². The van der Waals surface area contributed by atoms with Gasteiger partial charge in [-0.15, -0.1) is 0 Å². The molecule has 3 aliphatic rings. The first-order chi connectivity index (χ1) is 16.0. The minimum atomic E-state index is -3.92. The maximum absolute atomic E-state index is 13.3. The quantitative estimate of drug-likeness (QED) is 0.721. The highest BCUT2D eigenvalue weighted by Crippen LogP contribution is 2.33. The van der Waals surface area contributed by atoms with Gasteiger partial charge < -0.3 is 14.4 Å². The molecule has 0 spiro atoms. The van der Waals surface area contributed by atoms with Crippen molar-refractivity contribution in [1.29, 1.82) is 0 Å². The van der Waals surface area contributed by atoms with Gasteiger partial charge in [-0.05, 0) is 37.1 Å². The van der Waals surface area contributed by atoms with Crippen LogP contribution in [-0.2, 0) is 10.0 Å². The summed E-state index contributed by atoms with van der Waals surface area (Å²) in [5, 5.41) is 0. The molecule has 9 heteroatoms. The SMILES string of the molecule is O=C(c1ccccc1NS(=O)(=O)c1ccc2c(c1)OCCO2)N1CCN(C2CCCC2)CC1. The van der Waals surface area contributed by atoms with E-state index in [1.807, 2.05) is 4.90 Å². The van der Waals surface area contributed by atoms with Gasteiger partial charge in [0.1, 0.15) is 13.2 Å². The van der Waals surface area contributed by atoms with E-state index in [0.29, 0.717) is 49.4 Å². The molecule has 0 radical (unpaired) electrons. The fourth-order valence-electron chi connectivity index (χ4n) is 4.88. The van der Waals surface area contributed by atoms with Gasteiger partial charge >= 0.3 is 0 Å². The van der Waals surface area contributed by atoms with Crippen LogP contribution in [0.1, 0.15) is 36.0 Å². The maximum Gasteiger partial charge on any atom is 0.262 e. The van der Waals surface area contributed by atoms with E-state index in [1.54, 1.807) is 30.3 Å². The molecule has 2 aliphatic heterocycles. The summed E-state index contributed by atoms with van der Waals surface area (Å²) in [5.41, 5.74) is 0.628. The fraction of sp³-hybridized carbons (Fsp3) is 0.458. The number of amides is 1. The third-order valence-corrected chi connectivity index (χ3v) is 8.03. The Hall–Kier alpha value is -2.78. The van der Waals surface area contributed by atoms with Crippen molar-refractivity contribution in [2.24, 2.45) is 0 Å². The van der Waals surface area contributed by atoms with E-state index in [0.717, 1.165) is 13.1 Å². The molecule has 176 valence electrons. The summed E-state index contributed by atoms with van der Waals surface area (Å²) in [7, 11) is -3.92. The van der Waals surface area contributed by atoms with Gasteiger partial charge in [0, 0.05) is 38.3 Å². The number of carbonyl (C=O) groups is 1. The molecule has 2 fully saturated rings. The summed E-state index contributed by atoms with van der Waals surface area (Å²) in [6.45, 7) is 3.83. The van der Waals surface area contributed by atoms with E-state index >= 15 is 0 Å². The van der Waals surface area contributed by atoms with Crippen LogP contribution in [0.4, 0.5) is 5.69 Å². The second-order valence-electron chi connectivity index (χ2n) is 8.72. The molecule has 5 rings (SSSR count). The molecule has 2 heterocycles. The van der Waals surface area contributed by atoms with Crippen molar-refractivity contribution in [3.05, 3.63) is 48.0 Å². The number of anilines is 1. The summed E-state index contributed by atoms with van der Waals surface area (Å²) >= 11 is 0. The molecule has 1 saturated carbocycles. The van der Waals surface area contributed by atoms with Crippen LogP contribution in [0.5, 0.6) is 11.5 Å². The number of rotatable bonds is 5. The topological polar surface area (TPSA) is 88.2 Å². The highest BCUT2D eigenvalue weighted by atomic mass is 32.2. The number of carbonyl (C=O) groups excluding carboxylic acids is 1. The monoisotopic (exact) mass is 471 g/mol. The number of hydrogen-bond acceptors (Lipinski definition) is 6. The Morgan fingerprint density at radius 2 is 1.61 bits per heavy atom. The van der Waals surface area contributed by atoms with Crippen molar-refractivity contribution in [2.75, 3.05) is 44.1 Å². The minimum Gasteiger partial charge on any atom is -0.486 e. The Bertz CT molecular complexity index is 1120. The standard InChI is InChI=1S/C24H29N3O5S/c28-24(27-13-11-26(12-14-27)18-5-1-2-6-18)20-7-3-4-8-21(20)25-33(29,30)19-9-10-22-23(17-19)32-16-15-31-22/h3-4,7-10,17-18,25H,1-2,5-6,11-16H2. The lowest BCUT2D eigenvalue weighted by molar-refractivity contribution is 0.0574. The smallest absolute Gasteiger partial charge is 0.262 e. The highest BCUT2D eigenvalue weighted by molar-refractivity contribution is 7.92. The Morgan fingerprint density at radius 1 is 0.909 bits per heavy atom. The summed E-state index contributed by atoms with van der Waals surface area (Å²) in [5.74, 6) is 0.766. The molecule has 0 bridgehead atoms. The Balaban J connectivity index is 1.31. The van der Waals surface area contributed by atoms with Crippen molar-refractivity contribution in [2.45, 2.75) is 36.6 Å². The van der Waals surface area contributed by atoms with Gasteiger partial charge in [-0.2, -0.15) is 0 Å². The van der Waals surface area contributed by atoms with Crippen molar-refractivity contribution in [3.63, 3.8) is 0 Å². The van der Waals surface area contributed by atoms with Gasteiger partial charge in [-0.25, -0.2) is 8.42 Å². The third-order valence-electron chi connectivity index (χ3n) is 6.67. The van der Waals surface area contributed by atoms with Crippen LogP contribution in [0, 0.1) is 0 Å². The number of nitrogens with one attached hydrogen (secondary N) is 1. The summed E-state index contributed by atoms with van der Waals surface area (Å²) < 4.78 is 39.8. The lowest BCUT2D eigenvalue weighted by Crippen LogP contribution is -2.51. The number of piperazine rings is 1. The van der Waals surface area contributed by atoms with Crippen molar-refractivity contribution in [3.8, 4) is 11.5 Å². The summed E-state index contributed by atoms with van der Waals surface area (Å²) in [4.78, 5) is 17.7. The highest BCUT2D eigenvalue weighted by Gasteiger charge is 2.29. The normalized spacial score (nSPS) is 19.5. The number of sulfonamides is 1. The summed E-state index contributed by atoms with van der Waals surface area (Å²) in [6.07, 6.45) is 5.08. The van der Waals surface area contributed by atoms with Crippen LogP contribution in [0.3, 0.4) is 0 Å². The van der Waals surface area contributed by atoms with Crippen molar-refractivity contribution >= 4 is 21.6 Å². The zero-order valence-electron chi connectivity index (χ0n) is 18.5. The molecule has 0 unspecified atom stereocenters. The van der Waals surface area contributed by atoms with E-state index in [1.165, 1.54) is 37.8 Å². The first-order valence-electron chi connectivity index (χ1n) is 11.6. The Labute approximate surface area is 194 Å². The second-order valence-corrected chi connectivity index (χ2v) is 10.4. The molecule has 0 aromatic heterocycles. The molecule has 1 amide bonds. The Kier molecular flexibility index (Phi) is 6.16. The lowest BCUT2D eigenvalue weighted by Gasteiger charge is -2.38. The molecule has 1 N–H and O–H groups in total. The predicted octanol–water partition coefficient (Wildman–Crippen LogP) is 2.96. The molecular formula is C24H29N3O5S. The summed E-state index contributed by atoms with van der Waals surface area (Å²) in [6, 6.07) is 11.9. The molecular weight excluding hydrogens is 442 g/mol. The zero-order chi connectivity index (χ0) is 22.8. The average molecular weight is 472 g/mol. The van der Waals surface area contributed by atoms with E-state index in [9.17, 15) is 13.2 Å². The number of fused-ring (bicyclic) bond motifs is 1. The van der Waals surface area contributed by atoms with E-state index < -0.39 is 10.0 Å². The van der Waals surface area contributed by atoms with Crippen LogP contribution >= 0.6 is 0 Å². The van der Waals surface area contributed by atoms with E-state index in [4.69, 9.17) is 9.47 Å². The van der Waals surface area contributed by atoms with Crippen LogP contribution in [-0.4, -0.2) is 69.6 Å². The van der Waals surface area contributed by atoms with Crippen molar-refractivity contribution < 1.29 is 22.7 Å². The molecule has 0 atom stereocenters. The first kappa shape index (κ1) is 22.0. The first-order valence-corrected chi connectivity index (χ1v) is 13.0. The van der Waals surface area contributed by atoms with Gasteiger partial charge in [0.25, 0.3) is 15.9 Å². The predicted molar refractivity (Wildman–Crippen MR) is 124 cm³/mol. The molecule has 2 aromatic rings. The second kappa shape index (κ2) is 9.23. The average Bonchev–Trinajstić information content (AvgIpc) is 3.39. The maximum atomic E-state index is 13.3. The van der Waals surface area contributed by atoms with Crippen molar-refractivity contribution in [1.82, 2.24) is 9.80 Å². The Morgan fingerprint density at radius 3 is 2.36 bits per heavy atom. The van der Waals surface area contributed by atoms with Gasteiger partial charge in [0.2, 0.25) is 0 Å². The van der Waals surface area contributed by atoms with Crippen LogP contribution in [0.2, 0.25) is 0 Å². The molecule has 8 nitrogen and oxygen atoms in total. The van der Waals surface area contributed by atoms with Crippen LogP contribution in [0.25, 0.3) is 0 Å². The number of ether oxygens (including phenoxy) is 2. The van der Waals surface area contributed by atoms with Crippen LogP contribution in [0.15, 0.2) is 47.4 Å². The number of hydrogen-bond donors (Lipinski definition) is 1.